The number of nitrogens with one attached hydrogen (secondary N) is 1. The molecule has 10 nitrogen and oxygen atoms in total. The van der Waals surface area contributed by atoms with E-state index in [1.54, 1.807) is 27.2 Å². The standard InChI is InChI=1S/C20H28N6O4/c1-13-17(14(2)30-23-13)19(28)25-9-6-20(7-10-25)5-4-16(20)26-12-15(22-24-26)18(27)21-8-11-29-3/h12,16H,4-11H2,1-3H3,(H,21,27). The van der Waals surface area contributed by atoms with Crippen LogP contribution in [0.4, 0.5) is 0 Å². The summed E-state index contributed by atoms with van der Waals surface area (Å²) in [6.07, 6.45) is 5.64. The second kappa shape index (κ2) is 8.17. The predicted octanol–water partition coefficient (Wildman–Crippen LogP) is 1.52. The van der Waals surface area contributed by atoms with Gasteiger partial charge in [0.25, 0.3) is 11.8 Å². The number of aryl methyl sites for hydroxylation is 2. The molecule has 3 heterocycles. The number of amides is 2. The quantitative estimate of drug-likeness (QED) is 0.710. The first-order valence-corrected chi connectivity index (χ1v) is 10.4. The van der Waals surface area contributed by atoms with Gasteiger partial charge in [0.1, 0.15) is 11.3 Å². The third kappa shape index (κ3) is 3.60. The average molecular weight is 416 g/mol. The molecule has 4 rings (SSSR count). The van der Waals surface area contributed by atoms with E-state index in [0.29, 0.717) is 49.0 Å². The van der Waals surface area contributed by atoms with Crippen molar-refractivity contribution in [2.75, 3.05) is 33.4 Å². The fourth-order valence-electron chi connectivity index (χ4n) is 4.67. The highest BCUT2D eigenvalue weighted by molar-refractivity contribution is 5.96. The molecule has 1 atom stereocenters. The third-order valence-corrected chi connectivity index (χ3v) is 6.57. The number of piperidine rings is 1. The van der Waals surface area contributed by atoms with E-state index < -0.39 is 0 Å². The summed E-state index contributed by atoms with van der Waals surface area (Å²) in [4.78, 5) is 27.0. The zero-order valence-corrected chi connectivity index (χ0v) is 17.7. The van der Waals surface area contributed by atoms with Crippen molar-refractivity contribution in [3.63, 3.8) is 0 Å². The molecule has 0 aromatic carbocycles. The van der Waals surface area contributed by atoms with Gasteiger partial charge in [-0.1, -0.05) is 10.4 Å². The summed E-state index contributed by atoms with van der Waals surface area (Å²) in [5.74, 6) is 0.317. The molecule has 0 radical (unpaired) electrons. The lowest BCUT2D eigenvalue weighted by Gasteiger charge is -2.53. The lowest BCUT2D eigenvalue weighted by atomic mass is 9.59. The molecule has 2 aromatic rings. The molecule has 1 spiro atoms. The van der Waals surface area contributed by atoms with Crippen LogP contribution in [0.5, 0.6) is 0 Å². The van der Waals surface area contributed by atoms with Crippen LogP contribution in [0.25, 0.3) is 0 Å². The maximum absolute atomic E-state index is 12.9. The van der Waals surface area contributed by atoms with Gasteiger partial charge >= 0.3 is 0 Å². The van der Waals surface area contributed by atoms with Gasteiger partial charge < -0.3 is 19.5 Å². The third-order valence-electron chi connectivity index (χ3n) is 6.57. The number of hydrogen-bond donors (Lipinski definition) is 1. The van der Waals surface area contributed by atoms with E-state index in [4.69, 9.17) is 9.26 Å². The molecule has 2 amide bonds. The minimum Gasteiger partial charge on any atom is -0.383 e. The highest BCUT2D eigenvalue weighted by Crippen LogP contribution is 2.56. The van der Waals surface area contributed by atoms with Crippen LogP contribution < -0.4 is 5.32 Å². The average Bonchev–Trinajstić information content (AvgIpc) is 3.33. The molecule has 10 heteroatoms. The van der Waals surface area contributed by atoms with Crippen molar-refractivity contribution in [3.8, 4) is 0 Å². The highest BCUT2D eigenvalue weighted by atomic mass is 16.5. The Bertz CT molecular complexity index is 908. The van der Waals surface area contributed by atoms with Crippen molar-refractivity contribution in [3.05, 3.63) is 28.9 Å². The van der Waals surface area contributed by atoms with E-state index in [-0.39, 0.29) is 23.3 Å². The predicted molar refractivity (Wildman–Crippen MR) is 106 cm³/mol. The molecule has 2 aliphatic rings. The molecule has 2 aromatic heterocycles. The van der Waals surface area contributed by atoms with E-state index >= 15 is 0 Å². The van der Waals surface area contributed by atoms with Gasteiger partial charge in [-0.05, 0) is 44.9 Å². The second-order valence-corrected chi connectivity index (χ2v) is 8.24. The fraction of sp³-hybridized carbons (Fsp3) is 0.650. The number of likely N-dealkylation sites (tertiary alicyclic amines) is 1. The second-order valence-electron chi connectivity index (χ2n) is 8.24. The summed E-state index contributed by atoms with van der Waals surface area (Å²) in [7, 11) is 1.59. The van der Waals surface area contributed by atoms with Crippen LogP contribution >= 0.6 is 0 Å². The smallest absolute Gasteiger partial charge is 0.273 e. The lowest BCUT2D eigenvalue weighted by Crippen LogP contribution is -2.51. The molecule has 1 aliphatic heterocycles. The summed E-state index contributed by atoms with van der Waals surface area (Å²) in [5.41, 5.74) is 1.64. The van der Waals surface area contributed by atoms with Gasteiger partial charge in [-0.2, -0.15) is 0 Å². The van der Waals surface area contributed by atoms with Crippen LogP contribution in [0.15, 0.2) is 10.7 Å². The zero-order valence-electron chi connectivity index (χ0n) is 17.7. The number of ether oxygens (including phenoxy) is 1. The first-order valence-electron chi connectivity index (χ1n) is 10.4. The monoisotopic (exact) mass is 416 g/mol. The van der Waals surface area contributed by atoms with Crippen LogP contribution in [-0.2, 0) is 4.74 Å². The van der Waals surface area contributed by atoms with Crippen molar-refractivity contribution in [2.45, 2.75) is 45.6 Å². The van der Waals surface area contributed by atoms with Crippen LogP contribution in [-0.4, -0.2) is 70.2 Å². The minimum atomic E-state index is -0.244. The highest BCUT2D eigenvalue weighted by Gasteiger charge is 2.50. The molecule has 30 heavy (non-hydrogen) atoms. The minimum absolute atomic E-state index is 0.00672. The summed E-state index contributed by atoms with van der Waals surface area (Å²) in [6.45, 7) is 5.84. The molecular weight excluding hydrogens is 388 g/mol. The maximum atomic E-state index is 12.9. The van der Waals surface area contributed by atoms with Gasteiger partial charge in [0.05, 0.1) is 24.5 Å². The Morgan fingerprint density at radius 1 is 1.30 bits per heavy atom. The zero-order chi connectivity index (χ0) is 21.3. The van der Waals surface area contributed by atoms with Crippen LogP contribution in [0, 0.1) is 19.3 Å². The summed E-state index contributed by atoms with van der Waals surface area (Å²) in [6, 6.07) is 0.210. The number of rotatable bonds is 6. The summed E-state index contributed by atoms with van der Waals surface area (Å²) in [5, 5.41) is 14.9. The molecule has 2 fully saturated rings. The largest absolute Gasteiger partial charge is 0.383 e. The van der Waals surface area contributed by atoms with E-state index in [2.05, 4.69) is 20.8 Å². The van der Waals surface area contributed by atoms with Gasteiger partial charge in [-0.25, -0.2) is 4.68 Å². The van der Waals surface area contributed by atoms with Gasteiger partial charge in [0.15, 0.2) is 5.69 Å². The molecule has 1 saturated heterocycles. The number of nitrogens with zero attached hydrogens (tertiary/aromatic N) is 5. The van der Waals surface area contributed by atoms with Crippen LogP contribution in [0.2, 0.25) is 0 Å². The first-order chi connectivity index (χ1) is 14.4. The van der Waals surface area contributed by atoms with E-state index in [1.165, 1.54) is 0 Å². The SMILES string of the molecule is COCCNC(=O)c1cn(C2CCC23CCN(C(=O)c2c(C)noc2C)CC3)nn1. The number of aromatic nitrogens is 4. The normalized spacial score (nSPS) is 20.2. The Hall–Kier alpha value is -2.75. The Morgan fingerprint density at radius 3 is 2.67 bits per heavy atom. The molecule has 1 saturated carbocycles. The Labute approximate surface area is 174 Å². The van der Waals surface area contributed by atoms with Crippen molar-refractivity contribution < 1.29 is 18.8 Å². The molecule has 0 bridgehead atoms. The topological polar surface area (TPSA) is 115 Å². The van der Waals surface area contributed by atoms with E-state index in [0.717, 1.165) is 25.7 Å². The molecule has 1 aliphatic carbocycles. The number of carbonyl (C=O) groups excluding carboxylic acids is 2. The number of hydrogen-bond acceptors (Lipinski definition) is 7. The van der Waals surface area contributed by atoms with Gasteiger partial charge in [-0.3, -0.25) is 9.59 Å². The lowest BCUT2D eigenvalue weighted by molar-refractivity contribution is -0.0268. The van der Waals surface area contributed by atoms with Crippen molar-refractivity contribution in [1.82, 2.24) is 30.4 Å². The molecular formula is C20H28N6O4. The van der Waals surface area contributed by atoms with E-state index in [9.17, 15) is 9.59 Å². The van der Waals surface area contributed by atoms with Gasteiger partial charge in [0, 0.05) is 26.7 Å². The van der Waals surface area contributed by atoms with Crippen LogP contribution in [0.3, 0.4) is 0 Å². The van der Waals surface area contributed by atoms with Crippen molar-refractivity contribution >= 4 is 11.8 Å². The van der Waals surface area contributed by atoms with Crippen molar-refractivity contribution in [2.24, 2.45) is 5.41 Å². The Kier molecular flexibility index (Phi) is 5.59. The fourth-order valence-corrected chi connectivity index (χ4v) is 4.67. The van der Waals surface area contributed by atoms with Crippen LogP contribution in [0.1, 0.15) is 64.0 Å². The molecule has 1 unspecified atom stereocenters. The molecule has 1 N–H and O–H groups in total. The van der Waals surface area contributed by atoms with Gasteiger partial charge in [0.2, 0.25) is 0 Å². The summed E-state index contributed by atoms with van der Waals surface area (Å²) < 4.78 is 11.9. The van der Waals surface area contributed by atoms with Gasteiger partial charge in [-0.15, -0.1) is 5.10 Å². The number of methoxy groups -OCH3 is 1. The Balaban J connectivity index is 1.38. The number of carbonyl (C=O) groups is 2. The maximum Gasteiger partial charge on any atom is 0.273 e. The first kappa shape index (κ1) is 20.5. The molecule has 162 valence electrons. The summed E-state index contributed by atoms with van der Waals surface area (Å²) >= 11 is 0. The van der Waals surface area contributed by atoms with Crippen molar-refractivity contribution in [1.29, 1.82) is 0 Å². The Morgan fingerprint density at radius 2 is 2.07 bits per heavy atom. The van der Waals surface area contributed by atoms with E-state index in [1.807, 2.05) is 9.58 Å².